The molecule has 0 rings (SSSR count). The third-order valence-corrected chi connectivity index (χ3v) is 8.86. The molecule has 0 aromatic heterocycles. The smallest absolute Gasteiger partial charge is 0.0289 e. The van der Waals surface area contributed by atoms with Crippen LogP contribution in [0, 0.1) is 0 Å². The normalized spacial score (nSPS) is 12.8. The molecule has 152 valence electrons. The van der Waals surface area contributed by atoms with Gasteiger partial charge in [-0.3, -0.25) is 0 Å². The SMILES string of the molecule is CCCCCCCCCCCCCCCCCCP(C)CCP(C)C. The summed E-state index contributed by atoms with van der Waals surface area (Å²) in [4.78, 5) is 0. The summed E-state index contributed by atoms with van der Waals surface area (Å²) >= 11 is 0. The molecule has 0 aliphatic rings. The van der Waals surface area contributed by atoms with Crippen molar-refractivity contribution in [2.24, 2.45) is 0 Å². The maximum atomic E-state index is 2.53. The van der Waals surface area contributed by atoms with Gasteiger partial charge in [-0.15, -0.1) is 15.8 Å². The van der Waals surface area contributed by atoms with Crippen molar-refractivity contribution in [1.29, 1.82) is 0 Å². The van der Waals surface area contributed by atoms with Crippen molar-refractivity contribution >= 4 is 15.8 Å². The Balaban J connectivity index is 3.07. The molecular weight excluding hydrogens is 338 g/mol. The van der Waals surface area contributed by atoms with Crippen LogP contribution in [0.15, 0.2) is 0 Å². The monoisotopic (exact) mass is 388 g/mol. The maximum Gasteiger partial charge on any atom is -0.0289 e. The zero-order chi connectivity index (χ0) is 18.6. The molecule has 1 atom stereocenters. The molecule has 1 unspecified atom stereocenters. The summed E-state index contributed by atoms with van der Waals surface area (Å²) in [5.74, 6) is 0. The summed E-state index contributed by atoms with van der Waals surface area (Å²) in [6, 6.07) is 0. The van der Waals surface area contributed by atoms with Gasteiger partial charge in [-0.05, 0) is 44.9 Å². The zero-order valence-corrected chi connectivity index (χ0v) is 20.1. The van der Waals surface area contributed by atoms with Crippen molar-refractivity contribution < 1.29 is 0 Å². The van der Waals surface area contributed by atoms with E-state index in [1.165, 1.54) is 121 Å². The van der Waals surface area contributed by atoms with E-state index >= 15 is 0 Å². The summed E-state index contributed by atoms with van der Waals surface area (Å²) in [7, 11) is 0.704. The molecule has 25 heavy (non-hydrogen) atoms. The van der Waals surface area contributed by atoms with Crippen LogP contribution in [0.25, 0.3) is 0 Å². The van der Waals surface area contributed by atoms with Crippen LogP contribution < -0.4 is 0 Å². The Bertz CT molecular complexity index is 240. The van der Waals surface area contributed by atoms with Crippen LogP contribution in [-0.4, -0.2) is 38.5 Å². The third kappa shape index (κ3) is 22.8. The van der Waals surface area contributed by atoms with Gasteiger partial charge in [0.2, 0.25) is 0 Å². The first-order valence-corrected chi connectivity index (χ1v) is 16.1. The molecule has 0 amide bonds. The van der Waals surface area contributed by atoms with Crippen LogP contribution >= 0.6 is 15.8 Å². The van der Waals surface area contributed by atoms with Gasteiger partial charge in [0.05, 0.1) is 0 Å². The van der Waals surface area contributed by atoms with E-state index in [9.17, 15) is 0 Å². The van der Waals surface area contributed by atoms with E-state index in [0.29, 0.717) is 15.8 Å². The highest BCUT2D eigenvalue weighted by atomic mass is 31.1. The Kier molecular flexibility index (Phi) is 21.9. The lowest BCUT2D eigenvalue weighted by Gasteiger charge is -2.13. The molecule has 0 saturated carbocycles. The highest BCUT2D eigenvalue weighted by Crippen LogP contribution is 2.36. The minimum atomic E-state index is 0.344. The fourth-order valence-electron chi connectivity index (χ4n) is 3.41. The molecule has 0 bridgehead atoms. The molecule has 0 heterocycles. The fraction of sp³-hybridized carbons (Fsp3) is 1.00. The van der Waals surface area contributed by atoms with E-state index in [1.807, 2.05) is 0 Å². The highest BCUT2D eigenvalue weighted by molar-refractivity contribution is 7.60. The highest BCUT2D eigenvalue weighted by Gasteiger charge is 2.02. The molecular formula is C23H50P2. The minimum absolute atomic E-state index is 0.344. The van der Waals surface area contributed by atoms with E-state index in [-0.39, 0.29) is 0 Å². The Morgan fingerprint density at radius 1 is 0.400 bits per heavy atom. The van der Waals surface area contributed by atoms with Gasteiger partial charge < -0.3 is 0 Å². The van der Waals surface area contributed by atoms with Crippen LogP contribution in [-0.2, 0) is 0 Å². The number of hydrogen-bond acceptors (Lipinski definition) is 0. The van der Waals surface area contributed by atoms with Crippen molar-refractivity contribution in [3.05, 3.63) is 0 Å². The molecule has 0 spiro atoms. The Morgan fingerprint density at radius 3 is 1.12 bits per heavy atom. The van der Waals surface area contributed by atoms with Gasteiger partial charge >= 0.3 is 0 Å². The van der Waals surface area contributed by atoms with Crippen LogP contribution in [0.4, 0.5) is 0 Å². The molecule has 0 aromatic rings. The van der Waals surface area contributed by atoms with Crippen LogP contribution in [0.1, 0.15) is 110 Å². The fourth-order valence-corrected chi connectivity index (χ4v) is 7.37. The van der Waals surface area contributed by atoms with E-state index < -0.39 is 0 Å². The molecule has 0 aromatic carbocycles. The van der Waals surface area contributed by atoms with Gasteiger partial charge in [0.15, 0.2) is 0 Å². The van der Waals surface area contributed by atoms with Gasteiger partial charge in [-0.25, -0.2) is 0 Å². The average molecular weight is 389 g/mol. The molecule has 0 aliphatic carbocycles. The Morgan fingerprint density at radius 2 is 0.760 bits per heavy atom. The van der Waals surface area contributed by atoms with E-state index in [4.69, 9.17) is 0 Å². The lowest BCUT2D eigenvalue weighted by atomic mass is 10.0. The second-order valence-corrected chi connectivity index (χ2v) is 13.6. The third-order valence-electron chi connectivity index (χ3n) is 5.32. The molecule has 0 N–H and O–H groups in total. The maximum absolute atomic E-state index is 2.53. The lowest BCUT2D eigenvalue weighted by molar-refractivity contribution is 0.531. The van der Waals surface area contributed by atoms with Crippen LogP contribution in [0.2, 0.25) is 0 Å². The summed E-state index contributed by atoms with van der Waals surface area (Å²) in [6.07, 6.45) is 28.3. The predicted octanol–water partition coefficient (Wildman–Crippen LogP) is 9.10. The standard InChI is InChI=1S/C23H50P2/c1-5-6-7-8-9-10-11-12-13-14-15-16-17-18-19-20-21-25(4)23-22-24(2)3/h5-23H2,1-4H3. The average Bonchev–Trinajstić information content (AvgIpc) is 2.59. The zero-order valence-electron chi connectivity index (χ0n) is 18.3. The van der Waals surface area contributed by atoms with Gasteiger partial charge in [0.25, 0.3) is 0 Å². The van der Waals surface area contributed by atoms with Gasteiger partial charge in [-0.2, -0.15) is 0 Å². The largest absolute Gasteiger partial charge is 0.113 e. The number of rotatable bonds is 20. The van der Waals surface area contributed by atoms with Crippen LogP contribution in [0.5, 0.6) is 0 Å². The molecule has 0 radical (unpaired) electrons. The van der Waals surface area contributed by atoms with Crippen molar-refractivity contribution in [2.45, 2.75) is 110 Å². The molecule has 0 fully saturated rings. The second kappa shape index (κ2) is 21.2. The van der Waals surface area contributed by atoms with E-state index in [2.05, 4.69) is 26.9 Å². The van der Waals surface area contributed by atoms with Crippen molar-refractivity contribution in [3.63, 3.8) is 0 Å². The molecule has 2 heteroatoms. The van der Waals surface area contributed by atoms with E-state index in [1.54, 1.807) is 0 Å². The molecule has 0 nitrogen and oxygen atoms in total. The van der Waals surface area contributed by atoms with Gasteiger partial charge in [0.1, 0.15) is 0 Å². The first kappa shape index (κ1) is 25.9. The Labute approximate surface area is 164 Å². The van der Waals surface area contributed by atoms with Gasteiger partial charge in [-0.1, -0.05) is 103 Å². The summed E-state index contributed by atoms with van der Waals surface area (Å²) in [5.41, 5.74) is 0. The van der Waals surface area contributed by atoms with Crippen molar-refractivity contribution in [3.8, 4) is 0 Å². The number of hydrogen-bond donors (Lipinski definition) is 0. The summed E-state index contributed by atoms with van der Waals surface area (Å²) in [5, 5.41) is 0. The first-order chi connectivity index (χ1) is 12.2. The van der Waals surface area contributed by atoms with Gasteiger partial charge in [0, 0.05) is 0 Å². The molecule has 0 saturated heterocycles. The minimum Gasteiger partial charge on any atom is -0.113 e. The van der Waals surface area contributed by atoms with E-state index in [0.717, 1.165) is 0 Å². The second-order valence-electron chi connectivity index (χ2n) is 8.41. The molecule has 0 aliphatic heterocycles. The summed E-state index contributed by atoms with van der Waals surface area (Å²) in [6.45, 7) is 9.68. The number of unbranched alkanes of at least 4 members (excludes halogenated alkanes) is 15. The lowest BCUT2D eigenvalue weighted by Crippen LogP contribution is -1.93. The predicted molar refractivity (Wildman–Crippen MR) is 126 cm³/mol. The quantitative estimate of drug-likeness (QED) is 0.144. The first-order valence-electron chi connectivity index (χ1n) is 11.5. The van der Waals surface area contributed by atoms with Crippen LogP contribution in [0.3, 0.4) is 0 Å². The Hall–Kier alpha value is 0.860. The van der Waals surface area contributed by atoms with Crippen molar-refractivity contribution in [2.75, 3.05) is 38.5 Å². The summed E-state index contributed by atoms with van der Waals surface area (Å²) < 4.78 is 0. The topological polar surface area (TPSA) is 0 Å². The van der Waals surface area contributed by atoms with Crippen molar-refractivity contribution in [1.82, 2.24) is 0 Å².